The summed E-state index contributed by atoms with van der Waals surface area (Å²) in [6, 6.07) is 14.4. The lowest BCUT2D eigenvalue weighted by atomic mass is 9.64. The number of hydrogen-bond acceptors (Lipinski definition) is 2. The highest BCUT2D eigenvalue weighted by molar-refractivity contribution is 6.30. The van der Waals surface area contributed by atoms with Crippen LogP contribution in [0.15, 0.2) is 48.5 Å². The molecule has 2 amide bonds. The first-order valence-corrected chi connectivity index (χ1v) is 8.33. The highest BCUT2D eigenvalue weighted by Gasteiger charge is 2.45. The first kappa shape index (κ1) is 16.5. The molecular weight excluding hydrogens is 324 g/mol. The summed E-state index contributed by atoms with van der Waals surface area (Å²) in [5.41, 5.74) is 1.69. The SMILES string of the molecule is CNC(=O)c1ccc(NC(=O)C2(c3cccc(Cl)c3)CCC2)cc1. The molecule has 0 aromatic heterocycles. The van der Waals surface area contributed by atoms with E-state index in [1.165, 1.54) is 0 Å². The molecule has 1 aliphatic rings. The topological polar surface area (TPSA) is 58.2 Å². The molecule has 0 bridgehead atoms. The number of amides is 2. The summed E-state index contributed by atoms with van der Waals surface area (Å²) in [4.78, 5) is 24.4. The molecule has 1 fully saturated rings. The van der Waals surface area contributed by atoms with E-state index in [0.29, 0.717) is 16.3 Å². The first-order valence-electron chi connectivity index (χ1n) is 7.95. The number of rotatable bonds is 4. The summed E-state index contributed by atoms with van der Waals surface area (Å²) in [5, 5.41) is 6.19. The van der Waals surface area contributed by atoms with E-state index in [0.717, 1.165) is 24.8 Å². The second kappa shape index (κ2) is 6.65. The van der Waals surface area contributed by atoms with Crippen molar-refractivity contribution in [3.8, 4) is 0 Å². The number of carbonyl (C=O) groups excluding carboxylic acids is 2. The van der Waals surface area contributed by atoms with Gasteiger partial charge in [-0.2, -0.15) is 0 Å². The van der Waals surface area contributed by atoms with Crippen molar-refractivity contribution in [1.29, 1.82) is 0 Å². The lowest BCUT2D eigenvalue weighted by molar-refractivity contribution is -0.124. The van der Waals surface area contributed by atoms with Gasteiger partial charge in [0.25, 0.3) is 5.91 Å². The number of anilines is 1. The molecule has 0 heterocycles. The fourth-order valence-corrected chi connectivity index (χ4v) is 3.25. The quantitative estimate of drug-likeness (QED) is 0.888. The second-order valence-electron chi connectivity index (χ2n) is 6.06. The minimum atomic E-state index is -0.510. The van der Waals surface area contributed by atoms with Crippen LogP contribution < -0.4 is 10.6 Å². The van der Waals surface area contributed by atoms with E-state index in [4.69, 9.17) is 11.6 Å². The van der Waals surface area contributed by atoms with Crippen molar-refractivity contribution < 1.29 is 9.59 Å². The molecule has 2 aromatic rings. The summed E-state index contributed by atoms with van der Waals surface area (Å²) < 4.78 is 0. The van der Waals surface area contributed by atoms with Crippen LogP contribution in [0.25, 0.3) is 0 Å². The molecule has 0 unspecified atom stereocenters. The third-order valence-corrected chi connectivity index (χ3v) is 4.89. The maximum atomic E-state index is 12.9. The monoisotopic (exact) mass is 342 g/mol. The Morgan fingerprint density at radius 1 is 1.08 bits per heavy atom. The van der Waals surface area contributed by atoms with Crippen molar-refractivity contribution in [2.24, 2.45) is 0 Å². The van der Waals surface area contributed by atoms with Crippen LogP contribution >= 0.6 is 11.6 Å². The van der Waals surface area contributed by atoms with Crippen molar-refractivity contribution in [1.82, 2.24) is 5.32 Å². The zero-order valence-corrected chi connectivity index (χ0v) is 14.2. The molecule has 2 aromatic carbocycles. The minimum Gasteiger partial charge on any atom is -0.355 e. The van der Waals surface area contributed by atoms with E-state index >= 15 is 0 Å². The summed E-state index contributed by atoms with van der Waals surface area (Å²) in [6.07, 6.45) is 2.65. The maximum Gasteiger partial charge on any atom is 0.251 e. The fraction of sp³-hybridized carbons (Fsp3) is 0.263. The summed E-state index contributed by atoms with van der Waals surface area (Å²) >= 11 is 6.09. The lowest BCUT2D eigenvalue weighted by Gasteiger charge is -2.40. The highest BCUT2D eigenvalue weighted by Crippen LogP contribution is 2.45. The van der Waals surface area contributed by atoms with Crippen molar-refractivity contribution in [2.75, 3.05) is 12.4 Å². The number of benzene rings is 2. The average molecular weight is 343 g/mol. The Morgan fingerprint density at radius 3 is 2.33 bits per heavy atom. The van der Waals surface area contributed by atoms with Crippen LogP contribution in [0.1, 0.15) is 35.2 Å². The van der Waals surface area contributed by atoms with E-state index in [9.17, 15) is 9.59 Å². The van der Waals surface area contributed by atoms with Crippen LogP contribution in [0.2, 0.25) is 5.02 Å². The van der Waals surface area contributed by atoms with Crippen LogP contribution in [0.3, 0.4) is 0 Å². The molecule has 124 valence electrons. The number of nitrogens with one attached hydrogen (secondary N) is 2. The Labute approximate surface area is 146 Å². The molecule has 24 heavy (non-hydrogen) atoms. The van der Waals surface area contributed by atoms with Crippen molar-refractivity contribution in [3.05, 3.63) is 64.7 Å². The molecule has 1 aliphatic carbocycles. The maximum absolute atomic E-state index is 12.9. The van der Waals surface area contributed by atoms with Gasteiger partial charge in [0.1, 0.15) is 0 Å². The normalized spacial score (nSPS) is 15.2. The molecule has 5 heteroatoms. The molecular formula is C19H19ClN2O2. The summed E-state index contributed by atoms with van der Waals surface area (Å²) in [5.74, 6) is -0.175. The van der Waals surface area contributed by atoms with E-state index in [1.54, 1.807) is 31.3 Å². The van der Waals surface area contributed by atoms with Gasteiger partial charge < -0.3 is 10.6 Å². The minimum absolute atomic E-state index is 0.0243. The molecule has 0 atom stereocenters. The fourth-order valence-electron chi connectivity index (χ4n) is 3.06. The Bertz CT molecular complexity index is 767. The van der Waals surface area contributed by atoms with Gasteiger partial charge in [0, 0.05) is 23.3 Å². The van der Waals surface area contributed by atoms with Crippen LogP contribution in [-0.2, 0) is 10.2 Å². The standard InChI is InChI=1S/C19H19ClN2O2/c1-21-17(23)13-6-8-16(9-7-13)22-18(24)19(10-3-11-19)14-4-2-5-15(20)12-14/h2,4-9,12H,3,10-11H2,1H3,(H,21,23)(H,22,24). The van der Waals surface area contributed by atoms with Crippen molar-refractivity contribution >= 4 is 29.1 Å². The Hall–Kier alpha value is -2.33. The molecule has 3 rings (SSSR count). The van der Waals surface area contributed by atoms with Crippen LogP contribution in [-0.4, -0.2) is 18.9 Å². The van der Waals surface area contributed by atoms with Crippen LogP contribution in [0.4, 0.5) is 5.69 Å². The zero-order valence-electron chi connectivity index (χ0n) is 13.4. The summed E-state index contributed by atoms with van der Waals surface area (Å²) in [7, 11) is 1.59. The van der Waals surface area contributed by atoms with Crippen molar-refractivity contribution in [2.45, 2.75) is 24.7 Å². The average Bonchev–Trinajstić information content (AvgIpc) is 2.54. The molecule has 0 aliphatic heterocycles. The van der Waals surface area contributed by atoms with Gasteiger partial charge >= 0.3 is 0 Å². The molecule has 0 spiro atoms. The van der Waals surface area contributed by atoms with Gasteiger partial charge in [0.15, 0.2) is 0 Å². The smallest absolute Gasteiger partial charge is 0.251 e. The zero-order chi connectivity index (χ0) is 17.2. The third-order valence-electron chi connectivity index (χ3n) is 4.65. The predicted molar refractivity (Wildman–Crippen MR) is 95.4 cm³/mol. The molecule has 0 saturated heterocycles. The van der Waals surface area contributed by atoms with Gasteiger partial charge in [-0.25, -0.2) is 0 Å². The Kier molecular flexibility index (Phi) is 4.58. The van der Waals surface area contributed by atoms with Gasteiger partial charge in [-0.15, -0.1) is 0 Å². The van der Waals surface area contributed by atoms with Crippen LogP contribution in [0, 0.1) is 0 Å². The van der Waals surface area contributed by atoms with E-state index < -0.39 is 5.41 Å². The van der Waals surface area contributed by atoms with Crippen molar-refractivity contribution in [3.63, 3.8) is 0 Å². The van der Waals surface area contributed by atoms with E-state index in [1.807, 2.05) is 24.3 Å². The first-order chi connectivity index (χ1) is 11.5. The Morgan fingerprint density at radius 2 is 1.79 bits per heavy atom. The highest BCUT2D eigenvalue weighted by atomic mass is 35.5. The van der Waals surface area contributed by atoms with Gasteiger partial charge in [0.05, 0.1) is 5.41 Å². The predicted octanol–water partition coefficient (Wildman–Crippen LogP) is 3.76. The number of carbonyl (C=O) groups is 2. The summed E-state index contributed by atoms with van der Waals surface area (Å²) in [6.45, 7) is 0. The van der Waals surface area contributed by atoms with Crippen LogP contribution in [0.5, 0.6) is 0 Å². The lowest BCUT2D eigenvalue weighted by Crippen LogP contribution is -2.46. The Balaban J connectivity index is 1.79. The largest absolute Gasteiger partial charge is 0.355 e. The van der Waals surface area contributed by atoms with E-state index in [2.05, 4.69) is 10.6 Å². The van der Waals surface area contributed by atoms with E-state index in [-0.39, 0.29) is 11.8 Å². The van der Waals surface area contributed by atoms with Gasteiger partial charge in [-0.3, -0.25) is 9.59 Å². The third kappa shape index (κ3) is 3.02. The molecule has 1 saturated carbocycles. The number of hydrogen-bond donors (Lipinski definition) is 2. The molecule has 4 nitrogen and oxygen atoms in total. The number of halogens is 1. The van der Waals surface area contributed by atoms with Gasteiger partial charge in [-0.1, -0.05) is 30.2 Å². The molecule has 0 radical (unpaired) electrons. The second-order valence-corrected chi connectivity index (χ2v) is 6.49. The molecule has 2 N–H and O–H groups in total. The van der Waals surface area contributed by atoms with Gasteiger partial charge in [-0.05, 0) is 54.8 Å². The van der Waals surface area contributed by atoms with Gasteiger partial charge in [0.2, 0.25) is 5.91 Å².